The van der Waals surface area contributed by atoms with Crippen LogP contribution in [-0.2, 0) is 16.0 Å². The molecule has 4 nitrogen and oxygen atoms in total. The van der Waals surface area contributed by atoms with Crippen molar-refractivity contribution in [2.75, 3.05) is 13.1 Å². The predicted molar refractivity (Wildman–Crippen MR) is 81.4 cm³/mol. The van der Waals surface area contributed by atoms with Gasteiger partial charge in [0.2, 0.25) is 5.91 Å². The number of aryl methyl sites for hydroxylation is 2. The fraction of sp³-hybridized carbons (Fsp3) is 0.500. The predicted octanol–water partition coefficient (Wildman–Crippen LogP) is 2.76. The van der Waals surface area contributed by atoms with Crippen molar-refractivity contribution in [3.63, 3.8) is 0 Å². The smallest absolute Gasteiger partial charge is 0.308 e. The van der Waals surface area contributed by atoms with E-state index in [9.17, 15) is 9.59 Å². The van der Waals surface area contributed by atoms with E-state index in [0.717, 1.165) is 11.1 Å². The Balaban J connectivity index is 1.90. The number of aliphatic carboxylic acids is 1. The maximum Gasteiger partial charge on any atom is 0.308 e. The minimum Gasteiger partial charge on any atom is -0.481 e. The van der Waals surface area contributed by atoms with E-state index in [4.69, 9.17) is 16.7 Å². The van der Waals surface area contributed by atoms with Crippen LogP contribution in [0.1, 0.15) is 24.5 Å². The summed E-state index contributed by atoms with van der Waals surface area (Å²) in [5, 5.41) is 9.80. The summed E-state index contributed by atoms with van der Waals surface area (Å²) in [4.78, 5) is 24.9. The summed E-state index contributed by atoms with van der Waals surface area (Å²) in [7, 11) is 0. The maximum absolute atomic E-state index is 12.2. The molecule has 1 heterocycles. The van der Waals surface area contributed by atoms with Crippen LogP contribution in [0, 0.1) is 18.8 Å². The number of benzene rings is 1. The molecule has 1 aliphatic rings. The molecule has 2 atom stereocenters. The van der Waals surface area contributed by atoms with E-state index in [2.05, 4.69) is 0 Å². The topological polar surface area (TPSA) is 57.6 Å². The van der Waals surface area contributed by atoms with Crippen molar-refractivity contribution in [2.45, 2.75) is 26.7 Å². The fourth-order valence-electron chi connectivity index (χ4n) is 2.69. The van der Waals surface area contributed by atoms with Gasteiger partial charge in [-0.1, -0.05) is 30.7 Å². The van der Waals surface area contributed by atoms with Crippen LogP contribution in [0.2, 0.25) is 5.02 Å². The summed E-state index contributed by atoms with van der Waals surface area (Å²) in [6, 6.07) is 5.80. The molecule has 114 valence electrons. The average molecular weight is 310 g/mol. The van der Waals surface area contributed by atoms with Gasteiger partial charge in [0, 0.05) is 24.5 Å². The number of hydrogen-bond donors (Lipinski definition) is 1. The first-order valence-electron chi connectivity index (χ1n) is 7.14. The zero-order valence-electron chi connectivity index (χ0n) is 12.3. The molecule has 1 amide bonds. The Kier molecular flexibility index (Phi) is 4.88. The highest BCUT2D eigenvalue weighted by Crippen LogP contribution is 2.24. The van der Waals surface area contributed by atoms with Crippen molar-refractivity contribution >= 4 is 23.5 Å². The summed E-state index contributed by atoms with van der Waals surface area (Å²) in [6.07, 6.45) is 1.01. The van der Waals surface area contributed by atoms with E-state index in [1.807, 2.05) is 32.0 Å². The lowest BCUT2D eigenvalue weighted by molar-refractivity contribution is -0.142. The zero-order valence-corrected chi connectivity index (χ0v) is 13.1. The van der Waals surface area contributed by atoms with Crippen molar-refractivity contribution < 1.29 is 14.7 Å². The van der Waals surface area contributed by atoms with Gasteiger partial charge in [-0.05, 0) is 36.5 Å². The minimum absolute atomic E-state index is 0.0141. The molecule has 2 unspecified atom stereocenters. The molecule has 0 spiro atoms. The molecule has 2 rings (SSSR count). The van der Waals surface area contributed by atoms with Crippen LogP contribution in [0.15, 0.2) is 18.2 Å². The third kappa shape index (κ3) is 3.76. The highest BCUT2D eigenvalue weighted by molar-refractivity contribution is 6.31. The standard InChI is InChI=1S/C16H20ClNO3/c1-10-3-4-12(7-14(10)17)5-6-15(19)18-8-11(2)13(9-18)16(20)21/h3-4,7,11,13H,5-6,8-9H2,1-2H3,(H,20,21). The number of carboxylic acids is 1. The second-order valence-electron chi connectivity index (χ2n) is 5.80. The number of likely N-dealkylation sites (tertiary alicyclic amines) is 1. The molecule has 1 saturated heterocycles. The third-order valence-corrected chi connectivity index (χ3v) is 4.55. The van der Waals surface area contributed by atoms with E-state index in [1.165, 1.54) is 0 Å². The van der Waals surface area contributed by atoms with Gasteiger partial charge in [-0.15, -0.1) is 0 Å². The Morgan fingerprint density at radius 2 is 2.10 bits per heavy atom. The summed E-state index contributed by atoms with van der Waals surface area (Å²) in [5.74, 6) is -1.23. The second kappa shape index (κ2) is 6.48. The zero-order chi connectivity index (χ0) is 15.6. The fourth-order valence-corrected chi connectivity index (χ4v) is 2.90. The molecule has 21 heavy (non-hydrogen) atoms. The number of halogens is 1. The van der Waals surface area contributed by atoms with Gasteiger partial charge in [0.05, 0.1) is 5.92 Å². The van der Waals surface area contributed by atoms with E-state index in [0.29, 0.717) is 31.0 Å². The molecule has 1 fully saturated rings. The SMILES string of the molecule is Cc1ccc(CCC(=O)N2CC(C)C(C(=O)O)C2)cc1Cl. The Hall–Kier alpha value is -1.55. The molecule has 0 bridgehead atoms. The van der Waals surface area contributed by atoms with Gasteiger partial charge in [-0.25, -0.2) is 0 Å². The number of carbonyl (C=O) groups is 2. The largest absolute Gasteiger partial charge is 0.481 e. The highest BCUT2D eigenvalue weighted by atomic mass is 35.5. The van der Waals surface area contributed by atoms with Crippen LogP contribution < -0.4 is 0 Å². The third-order valence-electron chi connectivity index (χ3n) is 4.15. The summed E-state index contributed by atoms with van der Waals surface area (Å²) in [6.45, 7) is 4.68. The van der Waals surface area contributed by atoms with E-state index in [1.54, 1.807) is 4.90 Å². The summed E-state index contributed by atoms with van der Waals surface area (Å²) < 4.78 is 0. The first-order chi connectivity index (χ1) is 9.88. The molecule has 1 aliphatic heterocycles. The van der Waals surface area contributed by atoms with Crippen LogP contribution in [0.4, 0.5) is 0 Å². The van der Waals surface area contributed by atoms with Crippen molar-refractivity contribution in [3.05, 3.63) is 34.3 Å². The van der Waals surface area contributed by atoms with Crippen LogP contribution in [0.25, 0.3) is 0 Å². The number of amides is 1. The molecular formula is C16H20ClNO3. The molecule has 0 aromatic heterocycles. The molecular weight excluding hydrogens is 290 g/mol. The van der Waals surface area contributed by atoms with Crippen molar-refractivity contribution in [1.29, 1.82) is 0 Å². The molecule has 0 saturated carbocycles. The molecule has 0 aliphatic carbocycles. The average Bonchev–Trinajstić information content (AvgIpc) is 2.82. The van der Waals surface area contributed by atoms with Gasteiger partial charge in [-0.3, -0.25) is 9.59 Å². The number of hydrogen-bond acceptors (Lipinski definition) is 2. The van der Waals surface area contributed by atoms with Crippen LogP contribution in [0.3, 0.4) is 0 Å². The first kappa shape index (κ1) is 15.8. The van der Waals surface area contributed by atoms with Gasteiger partial charge in [0.15, 0.2) is 0 Å². The van der Waals surface area contributed by atoms with Crippen LogP contribution in [0.5, 0.6) is 0 Å². The van der Waals surface area contributed by atoms with Crippen molar-refractivity contribution in [1.82, 2.24) is 4.90 Å². The molecule has 1 aromatic rings. The van der Waals surface area contributed by atoms with Crippen molar-refractivity contribution in [2.24, 2.45) is 11.8 Å². The normalized spacial score (nSPS) is 21.6. The Morgan fingerprint density at radius 3 is 2.67 bits per heavy atom. The van der Waals surface area contributed by atoms with E-state index in [-0.39, 0.29) is 11.8 Å². The van der Waals surface area contributed by atoms with Gasteiger partial charge in [0.25, 0.3) is 0 Å². The van der Waals surface area contributed by atoms with Gasteiger partial charge in [0.1, 0.15) is 0 Å². The Labute approximate surface area is 129 Å². The highest BCUT2D eigenvalue weighted by Gasteiger charge is 2.36. The van der Waals surface area contributed by atoms with Gasteiger partial charge < -0.3 is 10.0 Å². The Morgan fingerprint density at radius 1 is 1.38 bits per heavy atom. The van der Waals surface area contributed by atoms with Gasteiger partial charge in [-0.2, -0.15) is 0 Å². The van der Waals surface area contributed by atoms with Crippen LogP contribution >= 0.6 is 11.6 Å². The molecule has 5 heteroatoms. The van der Waals surface area contributed by atoms with Crippen LogP contribution in [-0.4, -0.2) is 35.0 Å². The monoisotopic (exact) mass is 309 g/mol. The maximum atomic E-state index is 12.2. The summed E-state index contributed by atoms with van der Waals surface area (Å²) >= 11 is 6.07. The Bertz CT molecular complexity index is 558. The molecule has 0 radical (unpaired) electrons. The second-order valence-corrected chi connectivity index (χ2v) is 6.21. The lowest BCUT2D eigenvalue weighted by Crippen LogP contribution is -2.30. The van der Waals surface area contributed by atoms with E-state index >= 15 is 0 Å². The minimum atomic E-state index is -0.817. The molecule has 1 N–H and O–H groups in total. The van der Waals surface area contributed by atoms with Crippen molar-refractivity contribution in [3.8, 4) is 0 Å². The lowest BCUT2D eigenvalue weighted by atomic mass is 9.99. The number of nitrogens with zero attached hydrogens (tertiary/aromatic N) is 1. The number of carbonyl (C=O) groups excluding carboxylic acids is 1. The van der Waals surface area contributed by atoms with Gasteiger partial charge >= 0.3 is 5.97 Å². The van der Waals surface area contributed by atoms with E-state index < -0.39 is 11.9 Å². The number of carboxylic acid groups (broad SMARTS) is 1. The first-order valence-corrected chi connectivity index (χ1v) is 7.52. The quantitative estimate of drug-likeness (QED) is 0.930. The number of rotatable bonds is 4. The lowest BCUT2D eigenvalue weighted by Gasteiger charge is -2.16. The summed E-state index contributed by atoms with van der Waals surface area (Å²) in [5.41, 5.74) is 2.05. The molecule has 1 aromatic carbocycles.